The molecule has 0 aliphatic heterocycles. The number of hydrogen-bond acceptors (Lipinski definition) is 2. The van der Waals surface area contributed by atoms with E-state index in [4.69, 9.17) is 4.98 Å². The molecule has 4 aromatic heterocycles. The number of fused-ring (bicyclic) bond motifs is 9. The highest BCUT2D eigenvalue weighted by Crippen LogP contribution is 2.43. The average molecular weight is 809 g/mol. The van der Waals surface area contributed by atoms with E-state index in [0.717, 1.165) is 44.4 Å². The summed E-state index contributed by atoms with van der Waals surface area (Å²) in [6, 6.07) is 79.1. The molecule has 62 heavy (non-hydrogen) atoms. The molecule has 0 spiro atoms. The molecule has 0 saturated heterocycles. The summed E-state index contributed by atoms with van der Waals surface area (Å²) >= 11 is 1.75. The molecule has 0 unspecified atom stereocenters. The zero-order valence-corrected chi connectivity index (χ0v) is 34.3. The third kappa shape index (κ3) is 5.35. The second kappa shape index (κ2) is 13.8. The average Bonchev–Trinajstić information content (AvgIpc) is 4.08. The molecule has 4 heterocycles. The Morgan fingerprint density at radius 3 is 1.53 bits per heavy atom. The molecule has 13 aromatic rings. The summed E-state index contributed by atoms with van der Waals surface area (Å²) < 4.78 is 8.36. The number of thiazole rings is 1. The Morgan fingerprint density at radius 1 is 0.323 bits per heavy atom. The van der Waals surface area contributed by atoms with Crippen molar-refractivity contribution in [3.05, 3.63) is 218 Å². The van der Waals surface area contributed by atoms with Crippen molar-refractivity contribution in [3.8, 4) is 56.1 Å². The van der Waals surface area contributed by atoms with Gasteiger partial charge in [0.1, 0.15) is 0 Å². The summed E-state index contributed by atoms with van der Waals surface area (Å²) in [7, 11) is 0. The molecule has 290 valence electrons. The van der Waals surface area contributed by atoms with E-state index in [1.54, 1.807) is 11.3 Å². The summed E-state index contributed by atoms with van der Waals surface area (Å²) in [5, 5.41) is 4.91. The maximum absolute atomic E-state index is 5.45. The van der Waals surface area contributed by atoms with Crippen molar-refractivity contribution in [1.82, 2.24) is 18.5 Å². The Hall–Kier alpha value is -7.99. The number of aromatic nitrogens is 4. The number of benzene rings is 9. The lowest BCUT2D eigenvalue weighted by Gasteiger charge is -2.11. The van der Waals surface area contributed by atoms with Gasteiger partial charge in [0.2, 0.25) is 0 Å². The van der Waals surface area contributed by atoms with E-state index in [1.807, 2.05) is 0 Å². The molecule has 0 atom stereocenters. The first-order valence-electron chi connectivity index (χ1n) is 21.0. The Kier molecular flexibility index (Phi) is 7.74. The molecule has 0 amide bonds. The lowest BCUT2D eigenvalue weighted by molar-refractivity contribution is 1.18. The first-order valence-corrected chi connectivity index (χ1v) is 21.9. The second-order valence-corrected chi connectivity index (χ2v) is 17.0. The molecule has 9 aromatic carbocycles. The van der Waals surface area contributed by atoms with Gasteiger partial charge in [-0.3, -0.25) is 4.40 Å². The van der Waals surface area contributed by atoms with Crippen molar-refractivity contribution in [2.45, 2.75) is 0 Å². The van der Waals surface area contributed by atoms with E-state index >= 15 is 0 Å². The Balaban J connectivity index is 0.978. The van der Waals surface area contributed by atoms with Crippen LogP contribution in [-0.4, -0.2) is 18.5 Å². The van der Waals surface area contributed by atoms with Crippen molar-refractivity contribution >= 4 is 70.1 Å². The van der Waals surface area contributed by atoms with Gasteiger partial charge in [0.05, 0.1) is 43.7 Å². The minimum absolute atomic E-state index is 0.981. The van der Waals surface area contributed by atoms with Gasteiger partial charge in [-0.1, -0.05) is 157 Å². The van der Waals surface area contributed by atoms with Gasteiger partial charge >= 0.3 is 0 Å². The van der Waals surface area contributed by atoms with E-state index in [-0.39, 0.29) is 0 Å². The van der Waals surface area contributed by atoms with Crippen LogP contribution >= 0.6 is 11.3 Å². The zero-order chi connectivity index (χ0) is 40.7. The van der Waals surface area contributed by atoms with Gasteiger partial charge in [0.25, 0.3) is 0 Å². The Labute approximate surface area is 361 Å². The molecule has 0 aliphatic rings. The number of para-hydroxylation sites is 3. The van der Waals surface area contributed by atoms with E-state index < -0.39 is 0 Å². The maximum atomic E-state index is 5.45. The van der Waals surface area contributed by atoms with Crippen molar-refractivity contribution < 1.29 is 0 Å². The molecule has 0 aliphatic carbocycles. The van der Waals surface area contributed by atoms with Crippen LogP contribution < -0.4 is 0 Å². The van der Waals surface area contributed by atoms with Crippen LogP contribution in [0.4, 0.5) is 0 Å². The molecule has 5 heteroatoms. The summed E-state index contributed by atoms with van der Waals surface area (Å²) in [5.74, 6) is 0. The molecule has 4 nitrogen and oxygen atoms in total. The van der Waals surface area contributed by atoms with Crippen LogP contribution in [0, 0.1) is 0 Å². The lowest BCUT2D eigenvalue weighted by Crippen LogP contribution is -1.94. The maximum Gasteiger partial charge on any atom is 0.195 e. The number of hydrogen-bond donors (Lipinski definition) is 0. The van der Waals surface area contributed by atoms with Gasteiger partial charge in [0, 0.05) is 44.0 Å². The van der Waals surface area contributed by atoms with Gasteiger partial charge in [-0.25, -0.2) is 4.98 Å². The van der Waals surface area contributed by atoms with Crippen molar-refractivity contribution in [2.75, 3.05) is 0 Å². The van der Waals surface area contributed by atoms with Crippen LogP contribution in [0.3, 0.4) is 0 Å². The number of imidazole rings is 1. The fourth-order valence-electron chi connectivity index (χ4n) is 9.67. The standard InChI is InChI=1S/C57H36N4S/c1-4-15-37(16-5-1)39-19-14-22-44(33-39)60-50-26-13-11-23-45(50)47-34-40(27-30-52(47)60)41-29-32-54-53(36-41)61-56(38-17-6-2-7-18-38)55(58-57(61)62-54)42-28-31-51-48(35-42)46-24-10-12-25-49(46)59(51)43-20-8-3-9-21-43/h1-36H. The third-order valence-corrected chi connectivity index (χ3v) is 13.5. The fraction of sp³-hybridized carbons (Fsp3) is 0. The van der Waals surface area contributed by atoms with Gasteiger partial charge < -0.3 is 9.13 Å². The zero-order valence-electron chi connectivity index (χ0n) is 33.5. The molecule has 13 rings (SSSR count). The van der Waals surface area contributed by atoms with Crippen LogP contribution in [0.25, 0.3) is 115 Å². The van der Waals surface area contributed by atoms with E-state index in [9.17, 15) is 0 Å². The second-order valence-electron chi connectivity index (χ2n) is 16.0. The lowest BCUT2D eigenvalue weighted by atomic mass is 10.0. The normalized spacial score (nSPS) is 11.9. The summed E-state index contributed by atoms with van der Waals surface area (Å²) in [4.78, 5) is 6.44. The highest BCUT2D eigenvalue weighted by atomic mass is 32.1. The quantitative estimate of drug-likeness (QED) is 0.164. The third-order valence-electron chi connectivity index (χ3n) is 12.5. The predicted octanol–water partition coefficient (Wildman–Crippen LogP) is 15.4. The predicted molar refractivity (Wildman–Crippen MR) is 261 cm³/mol. The van der Waals surface area contributed by atoms with Crippen LogP contribution in [0.5, 0.6) is 0 Å². The van der Waals surface area contributed by atoms with Crippen molar-refractivity contribution in [2.24, 2.45) is 0 Å². The molecular formula is C57H36N4S. The number of rotatable bonds is 6. The number of nitrogens with zero attached hydrogens (tertiary/aromatic N) is 4. The van der Waals surface area contributed by atoms with Crippen LogP contribution in [0.1, 0.15) is 0 Å². The van der Waals surface area contributed by atoms with Crippen LogP contribution in [0.15, 0.2) is 218 Å². The molecule has 0 saturated carbocycles. The van der Waals surface area contributed by atoms with Gasteiger partial charge in [-0.2, -0.15) is 0 Å². The highest BCUT2D eigenvalue weighted by molar-refractivity contribution is 7.23. The Bertz CT molecular complexity index is 3850. The highest BCUT2D eigenvalue weighted by Gasteiger charge is 2.22. The topological polar surface area (TPSA) is 27.2 Å². The summed E-state index contributed by atoms with van der Waals surface area (Å²) in [5.41, 5.74) is 17.3. The van der Waals surface area contributed by atoms with Crippen LogP contribution in [0.2, 0.25) is 0 Å². The smallest absolute Gasteiger partial charge is 0.195 e. The largest absolute Gasteiger partial charge is 0.309 e. The van der Waals surface area contributed by atoms with E-state index in [1.165, 1.54) is 70.6 Å². The summed E-state index contributed by atoms with van der Waals surface area (Å²) in [6.45, 7) is 0. The van der Waals surface area contributed by atoms with E-state index in [2.05, 4.69) is 232 Å². The summed E-state index contributed by atoms with van der Waals surface area (Å²) in [6.07, 6.45) is 0. The molecule has 0 bridgehead atoms. The van der Waals surface area contributed by atoms with Gasteiger partial charge in [-0.05, 0) is 95.1 Å². The molecule has 0 N–H and O–H groups in total. The first-order chi connectivity index (χ1) is 30.7. The van der Waals surface area contributed by atoms with Gasteiger partial charge in [0.15, 0.2) is 4.96 Å². The fourth-order valence-corrected chi connectivity index (χ4v) is 10.7. The van der Waals surface area contributed by atoms with Crippen molar-refractivity contribution in [3.63, 3.8) is 0 Å². The first kappa shape index (κ1) is 34.8. The minimum atomic E-state index is 0.981. The van der Waals surface area contributed by atoms with Gasteiger partial charge in [-0.15, -0.1) is 0 Å². The minimum Gasteiger partial charge on any atom is -0.309 e. The molecular weight excluding hydrogens is 773 g/mol. The molecule has 0 radical (unpaired) electrons. The van der Waals surface area contributed by atoms with Crippen LogP contribution in [-0.2, 0) is 0 Å². The SMILES string of the molecule is c1ccc(-c2cccc(-n3c4ccccc4c4cc(-c5ccc6sc7nc(-c8ccc9c(c8)c8ccccc8n9-c8ccccc8)c(-c8ccccc8)n7c6c5)ccc43)c2)cc1. The molecule has 0 fully saturated rings. The Morgan fingerprint density at radius 2 is 0.823 bits per heavy atom. The monoisotopic (exact) mass is 808 g/mol. The van der Waals surface area contributed by atoms with E-state index in [0.29, 0.717) is 0 Å². The van der Waals surface area contributed by atoms with Crippen molar-refractivity contribution in [1.29, 1.82) is 0 Å².